The number of ether oxygens (including phenoxy) is 3. The van der Waals surface area contributed by atoms with Crippen molar-refractivity contribution in [1.29, 1.82) is 0 Å². The van der Waals surface area contributed by atoms with Crippen LogP contribution in [0.4, 0.5) is 0 Å². The summed E-state index contributed by atoms with van der Waals surface area (Å²) >= 11 is 0. The molecule has 0 saturated heterocycles. The molecule has 114 valence electrons. The van der Waals surface area contributed by atoms with Gasteiger partial charge in [-0.25, -0.2) is 0 Å². The normalized spacial score (nSPS) is 12.2. The minimum absolute atomic E-state index is 0.0960. The lowest BCUT2D eigenvalue weighted by Crippen LogP contribution is -2.30. The first kappa shape index (κ1) is 16.8. The molecule has 0 amide bonds. The molecule has 0 radical (unpaired) electrons. The lowest BCUT2D eigenvalue weighted by atomic mass is 10.2. The number of hydrogen-bond acceptors (Lipinski definition) is 4. The zero-order valence-electron chi connectivity index (χ0n) is 13.1. The van der Waals surface area contributed by atoms with E-state index in [1.54, 1.807) is 7.11 Å². The molecule has 0 aliphatic carbocycles. The molecule has 0 heterocycles. The van der Waals surface area contributed by atoms with Gasteiger partial charge in [-0.1, -0.05) is 6.07 Å². The number of nitrogens with one attached hydrogen (secondary N) is 1. The maximum absolute atomic E-state index is 5.90. The number of methoxy groups -OCH3 is 1. The third-order valence-electron chi connectivity index (χ3n) is 2.93. The Labute approximate surface area is 122 Å². The Morgan fingerprint density at radius 1 is 1.25 bits per heavy atom. The highest BCUT2D eigenvalue weighted by molar-refractivity contribution is 5.42. The Morgan fingerprint density at radius 2 is 2.05 bits per heavy atom. The lowest BCUT2D eigenvalue weighted by Gasteiger charge is -2.17. The maximum atomic E-state index is 5.90. The van der Waals surface area contributed by atoms with Crippen molar-refractivity contribution in [3.63, 3.8) is 0 Å². The van der Waals surface area contributed by atoms with Crippen LogP contribution in [0.5, 0.6) is 11.5 Å². The topological polar surface area (TPSA) is 39.7 Å². The molecule has 20 heavy (non-hydrogen) atoms. The molecule has 1 unspecified atom stereocenters. The lowest BCUT2D eigenvalue weighted by molar-refractivity contribution is 0.143. The average molecular weight is 281 g/mol. The summed E-state index contributed by atoms with van der Waals surface area (Å²) in [5.41, 5.74) is 1.16. The molecule has 4 heteroatoms. The Balaban J connectivity index is 2.29. The van der Waals surface area contributed by atoms with Crippen LogP contribution in [0.2, 0.25) is 0 Å². The summed E-state index contributed by atoms with van der Waals surface area (Å²) in [5.74, 6) is 1.58. The van der Waals surface area contributed by atoms with E-state index < -0.39 is 0 Å². The van der Waals surface area contributed by atoms with Gasteiger partial charge in [-0.15, -0.1) is 0 Å². The Morgan fingerprint density at radius 3 is 2.75 bits per heavy atom. The maximum Gasteiger partial charge on any atom is 0.161 e. The predicted octanol–water partition coefficient (Wildman–Crippen LogP) is 2.79. The smallest absolute Gasteiger partial charge is 0.161 e. The van der Waals surface area contributed by atoms with Crippen LogP contribution in [0, 0.1) is 6.92 Å². The Kier molecular flexibility index (Phi) is 8.07. The number of benzene rings is 1. The molecule has 0 aliphatic rings. The van der Waals surface area contributed by atoms with Gasteiger partial charge in [0.2, 0.25) is 0 Å². The van der Waals surface area contributed by atoms with Crippen molar-refractivity contribution in [3.8, 4) is 11.5 Å². The van der Waals surface area contributed by atoms with Crippen LogP contribution >= 0.6 is 0 Å². The molecule has 1 N–H and O–H groups in total. The van der Waals surface area contributed by atoms with E-state index in [4.69, 9.17) is 14.2 Å². The van der Waals surface area contributed by atoms with Crippen molar-refractivity contribution >= 4 is 0 Å². The molecule has 0 spiro atoms. The van der Waals surface area contributed by atoms with E-state index in [0.29, 0.717) is 0 Å². The first-order chi connectivity index (χ1) is 9.67. The van der Waals surface area contributed by atoms with Gasteiger partial charge in [-0.2, -0.15) is 0 Å². The standard InChI is InChI=1S/C16H27NO3/c1-5-19-10-6-9-17-12-14(3)20-15-8-7-13(2)11-16(15)18-4/h7-8,11,14,17H,5-6,9-10,12H2,1-4H3. The second-order valence-corrected chi connectivity index (χ2v) is 4.84. The third-order valence-corrected chi connectivity index (χ3v) is 2.93. The summed E-state index contributed by atoms with van der Waals surface area (Å²) in [6, 6.07) is 5.97. The molecule has 1 rings (SSSR count). The number of hydrogen-bond donors (Lipinski definition) is 1. The highest BCUT2D eigenvalue weighted by Gasteiger charge is 2.08. The SMILES string of the molecule is CCOCCCNCC(C)Oc1ccc(C)cc1OC. The molecular weight excluding hydrogens is 254 g/mol. The summed E-state index contributed by atoms with van der Waals surface area (Å²) < 4.78 is 16.5. The fraction of sp³-hybridized carbons (Fsp3) is 0.625. The first-order valence-electron chi connectivity index (χ1n) is 7.27. The van der Waals surface area contributed by atoms with Crippen LogP contribution in [0.25, 0.3) is 0 Å². The Hall–Kier alpha value is -1.26. The van der Waals surface area contributed by atoms with E-state index in [9.17, 15) is 0 Å². The van der Waals surface area contributed by atoms with E-state index in [0.717, 1.165) is 49.8 Å². The van der Waals surface area contributed by atoms with E-state index in [2.05, 4.69) is 12.2 Å². The molecule has 0 saturated carbocycles. The van der Waals surface area contributed by atoms with Crippen LogP contribution in [0.15, 0.2) is 18.2 Å². The fourth-order valence-electron chi connectivity index (χ4n) is 1.88. The van der Waals surface area contributed by atoms with Gasteiger partial charge in [-0.05, 0) is 51.4 Å². The van der Waals surface area contributed by atoms with Crippen LogP contribution in [-0.2, 0) is 4.74 Å². The van der Waals surface area contributed by atoms with Crippen molar-refractivity contribution in [3.05, 3.63) is 23.8 Å². The molecule has 0 bridgehead atoms. The quantitative estimate of drug-likeness (QED) is 0.669. The summed E-state index contributed by atoms with van der Waals surface area (Å²) in [7, 11) is 1.66. The molecule has 1 aromatic carbocycles. The van der Waals surface area contributed by atoms with E-state index in [1.807, 2.05) is 32.0 Å². The summed E-state index contributed by atoms with van der Waals surface area (Å²) in [4.78, 5) is 0. The van der Waals surface area contributed by atoms with Gasteiger partial charge in [0.25, 0.3) is 0 Å². The molecule has 0 fully saturated rings. The van der Waals surface area contributed by atoms with E-state index >= 15 is 0 Å². The molecule has 0 aliphatic heterocycles. The zero-order chi connectivity index (χ0) is 14.8. The summed E-state index contributed by atoms with van der Waals surface area (Å²) in [6.07, 6.45) is 1.12. The molecule has 0 aromatic heterocycles. The minimum atomic E-state index is 0.0960. The van der Waals surface area contributed by atoms with Gasteiger partial charge in [0.15, 0.2) is 11.5 Å². The Bertz CT molecular complexity index is 382. The zero-order valence-corrected chi connectivity index (χ0v) is 13.1. The van der Waals surface area contributed by atoms with Crippen LogP contribution in [0.3, 0.4) is 0 Å². The highest BCUT2D eigenvalue weighted by atomic mass is 16.5. The second-order valence-electron chi connectivity index (χ2n) is 4.84. The van der Waals surface area contributed by atoms with Crippen LogP contribution < -0.4 is 14.8 Å². The number of aryl methyl sites for hydroxylation is 1. The van der Waals surface area contributed by atoms with Crippen molar-refractivity contribution in [2.75, 3.05) is 33.4 Å². The predicted molar refractivity (Wildman–Crippen MR) is 81.8 cm³/mol. The van der Waals surface area contributed by atoms with Gasteiger partial charge in [-0.3, -0.25) is 0 Å². The summed E-state index contributed by atoms with van der Waals surface area (Å²) in [6.45, 7) is 9.45. The van der Waals surface area contributed by atoms with Crippen molar-refractivity contribution in [2.24, 2.45) is 0 Å². The molecule has 1 atom stereocenters. The van der Waals surface area contributed by atoms with E-state index in [-0.39, 0.29) is 6.10 Å². The molecule has 1 aromatic rings. The first-order valence-corrected chi connectivity index (χ1v) is 7.27. The van der Waals surface area contributed by atoms with Crippen molar-refractivity contribution in [1.82, 2.24) is 5.32 Å². The largest absolute Gasteiger partial charge is 0.493 e. The van der Waals surface area contributed by atoms with Crippen molar-refractivity contribution < 1.29 is 14.2 Å². The second kappa shape index (κ2) is 9.61. The molecule has 4 nitrogen and oxygen atoms in total. The minimum Gasteiger partial charge on any atom is -0.493 e. The van der Waals surface area contributed by atoms with Crippen LogP contribution in [-0.4, -0.2) is 39.5 Å². The van der Waals surface area contributed by atoms with Gasteiger partial charge in [0.05, 0.1) is 7.11 Å². The van der Waals surface area contributed by atoms with E-state index in [1.165, 1.54) is 0 Å². The van der Waals surface area contributed by atoms with Gasteiger partial charge in [0, 0.05) is 19.8 Å². The fourth-order valence-corrected chi connectivity index (χ4v) is 1.88. The highest BCUT2D eigenvalue weighted by Crippen LogP contribution is 2.28. The summed E-state index contributed by atoms with van der Waals surface area (Å²) in [5, 5.41) is 3.37. The molecular formula is C16H27NO3. The van der Waals surface area contributed by atoms with Crippen molar-refractivity contribution in [2.45, 2.75) is 33.3 Å². The van der Waals surface area contributed by atoms with Gasteiger partial charge < -0.3 is 19.5 Å². The number of rotatable bonds is 10. The monoisotopic (exact) mass is 281 g/mol. The van der Waals surface area contributed by atoms with Gasteiger partial charge in [0.1, 0.15) is 6.10 Å². The average Bonchev–Trinajstić information content (AvgIpc) is 2.44. The van der Waals surface area contributed by atoms with Crippen LogP contribution in [0.1, 0.15) is 25.8 Å². The third kappa shape index (κ3) is 6.26. The van der Waals surface area contributed by atoms with Gasteiger partial charge >= 0.3 is 0 Å².